The summed E-state index contributed by atoms with van der Waals surface area (Å²) in [4.78, 5) is 10.6. The van der Waals surface area contributed by atoms with Gasteiger partial charge in [-0.3, -0.25) is 10.1 Å². The predicted octanol–water partition coefficient (Wildman–Crippen LogP) is 3.10. The van der Waals surface area contributed by atoms with Gasteiger partial charge in [-0.2, -0.15) is 10.2 Å². The molecule has 88 valence electrons. The Morgan fingerprint density at radius 1 is 1.41 bits per heavy atom. The predicted molar refractivity (Wildman–Crippen MR) is 61.7 cm³/mol. The van der Waals surface area contributed by atoms with Crippen molar-refractivity contribution in [3.05, 3.63) is 39.9 Å². The molecule has 1 unspecified atom stereocenters. The lowest BCUT2D eigenvalue weighted by Gasteiger charge is -2.13. The summed E-state index contributed by atoms with van der Waals surface area (Å²) in [5.74, 6) is 0.351. The van der Waals surface area contributed by atoms with Gasteiger partial charge in [0.2, 0.25) is 0 Å². The summed E-state index contributed by atoms with van der Waals surface area (Å²) in [5.41, 5.74) is 0.847. The third-order valence-electron chi connectivity index (χ3n) is 3.76. The average Bonchev–Trinajstić information content (AvgIpc) is 2.98. The second kappa shape index (κ2) is 3.61. The van der Waals surface area contributed by atoms with Crippen molar-refractivity contribution >= 4 is 5.69 Å². The second-order valence-electron chi connectivity index (χ2n) is 4.76. The summed E-state index contributed by atoms with van der Waals surface area (Å²) in [5, 5.41) is 19.2. The van der Waals surface area contributed by atoms with E-state index in [1.165, 1.54) is 0 Å². The molecule has 0 bridgehead atoms. The van der Waals surface area contributed by atoms with Gasteiger partial charge < -0.3 is 0 Å². The molecule has 5 nitrogen and oxygen atoms in total. The Bertz CT molecular complexity index is 492. The third kappa shape index (κ3) is 1.71. The highest BCUT2D eigenvalue weighted by Gasteiger charge is 2.51. The molecule has 0 aromatic heterocycles. The Morgan fingerprint density at radius 3 is 2.88 bits per heavy atom. The van der Waals surface area contributed by atoms with E-state index in [2.05, 4.69) is 10.2 Å². The fourth-order valence-electron chi connectivity index (χ4n) is 2.76. The van der Waals surface area contributed by atoms with Crippen LogP contribution < -0.4 is 0 Å². The van der Waals surface area contributed by atoms with Crippen molar-refractivity contribution in [1.82, 2.24) is 0 Å². The lowest BCUT2D eigenvalue weighted by molar-refractivity contribution is -0.385. The number of rotatable bonds is 3. The molecular weight excluding hydrogens is 218 g/mol. The van der Waals surface area contributed by atoms with Crippen molar-refractivity contribution in [2.24, 2.45) is 16.1 Å². The lowest BCUT2D eigenvalue weighted by atomic mass is 9.91. The number of para-hydroxylation sites is 1. The van der Waals surface area contributed by atoms with Gasteiger partial charge in [-0.15, -0.1) is 0 Å². The van der Waals surface area contributed by atoms with Crippen LogP contribution in [0.3, 0.4) is 0 Å². The molecule has 0 radical (unpaired) electrons. The topological polar surface area (TPSA) is 67.9 Å². The van der Waals surface area contributed by atoms with Gasteiger partial charge in [-0.1, -0.05) is 18.2 Å². The van der Waals surface area contributed by atoms with Gasteiger partial charge in [0.15, 0.2) is 5.66 Å². The number of nitrogens with zero attached hydrogens (tertiary/aromatic N) is 3. The quantitative estimate of drug-likeness (QED) is 0.592. The standard InChI is InChI=1S/C12H13N3O2/c16-15(17)11-6-2-1-4-9(11)8-10-5-3-7-12(10)13-14-12/h1-2,4,6,10H,3,5,7-8H2. The van der Waals surface area contributed by atoms with Crippen molar-refractivity contribution in [2.45, 2.75) is 31.3 Å². The van der Waals surface area contributed by atoms with Gasteiger partial charge in [-0.05, 0) is 25.7 Å². The largest absolute Gasteiger partial charge is 0.272 e. The highest BCUT2D eigenvalue weighted by atomic mass is 16.6. The first kappa shape index (κ1) is 10.4. The summed E-state index contributed by atoms with van der Waals surface area (Å²) in [6, 6.07) is 6.97. The van der Waals surface area contributed by atoms with Crippen LogP contribution in [0.5, 0.6) is 0 Å². The van der Waals surface area contributed by atoms with Crippen molar-refractivity contribution in [2.75, 3.05) is 0 Å². The molecule has 17 heavy (non-hydrogen) atoms. The molecule has 1 aromatic carbocycles. The number of hydrogen-bond donors (Lipinski definition) is 0. The van der Waals surface area contributed by atoms with Crippen LogP contribution in [0.4, 0.5) is 5.69 Å². The van der Waals surface area contributed by atoms with Crippen LogP contribution in [0, 0.1) is 16.0 Å². The smallest absolute Gasteiger partial charge is 0.258 e. The van der Waals surface area contributed by atoms with E-state index in [0.717, 1.165) is 24.8 Å². The highest BCUT2D eigenvalue weighted by Crippen LogP contribution is 2.50. The highest BCUT2D eigenvalue weighted by molar-refractivity contribution is 5.40. The van der Waals surface area contributed by atoms with Crippen LogP contribution in [-0.4, -0.2) is 10.6 Å². The van der Waals surface area contributed by atoms with Crippen molar-refractivity contribution in [1.29, 1.82) is 0 Å². The number of hydrogen-bond acceptors (Lipinski definition) is 4. The van der Waals surface area contributed by atoms with Gasteiger partial charge >= 0.3 is 0 Å². The van der Waals surface area contributed by atoms with Gasteiger partial charge in [0.1, 0.15) is 0 Å². The molecule has 0 amide bonds. The average molecular weight is 231 g/mol. The van der Waals surface area contributed by atoms with Gasteiger partial charge in [0.05, 0.1) is 4.92 Å². The molecule has 1 aromatic rings. The first-order valence-corrected chi connectivity index (χ1v) is 5.88. The third-order valence-corrected chi connectivity index (χ3v) is 3.76. The van der Waals surface area contributed by atoms with E-state index in [9.17, 15) is 10.1 Å². The molecule has 1 fully saturated rings. The molecule has 1 atom stereocenters. The van der Waals surface area contributed by atoms with E-state index in [4.69, 9.17) is 0 Å². The monoisotopic (exact) mass is 231 g/mol. The fraction of sp³-hybridized carbons (Fsp3) is 0.500. The minimum atomic E-state index is -0.307. The van der Waals surface area contributed by atoms with Crippen LogP contribution in [0.2, 0.25) is 0 Å². The summed E-state index contributed by atoms with van der Waals surface area (Å²) in [6.45, 7) is 0. The van der Waals surface area contributed by atoms with E-state index in [1.54, 1.807) is 12.1 Å². The van der Waals surface area contributed by atoms with Gasteiger partial charge in [0.25, 0.3) is 5.69 Å². The zero-order valence-corrected chi connectivity index (χ0v) is 9.37. The second-order valence-corrected chi connectivity index (χ2v) is 4.76. The van der Waals surface area contributed by atoms with E-state index < -0.39 is 0 Å². The zero-order valence-electron chi connectivity index (χ0n) is 9.37. The van der Waals surface area contributed by atoms with E-state index in [1.807, 2.05) is 12.1 Å². The molecule has 0 saturated heterocycles. The van der Waals surface area contributed by atoms with Crippen molar-refractivity contribution < 1.29 is 4.92 Å². The van der Waals surface area contributed by atoms with Crippen LogP contribution in [0.1, 0.15) is 24.8 Å². The molecule has 5 heteroatoms. The molecular formula is C12H13N3O2. The Hall–Kier alpha value is -1.78. The molecule has 1 spiro atoms. The Kier molecular flexibility index (Phi) is 2.21. The zero-order chi connectivity index (χ0) is 11.9. The Balaban J connectivity index is 1.83. The lowest BCUT2D eigenvalue weighted by Crippen LogP contribution is -2.19. The SMILES string of the molecule is O=[N+]([O-])c1ccccc1CC1CCCC12N=N2. The van der Waals surface area contributed by atoms with Gasteiger partial charge in [0, 0.05) is 17.5 Å². The van der Waals surface area contributed by atoms with Crippen LogP contribution >= 0.6 is 0 Å². The maximum atomic E-state index is 10.9. The maximum Gasteiger partial charge on any atom is 0.272 e. The molecule has 1 aliphatic carbocycles. The normalized spacial score (nSPS) is 24.1. The summed E-state index contributed by atoms with van der Waals surface area (Å²) in [6.07, 6.45) is 3.92. The molecule has 2 aliphatic rings. The van der Waals surface area contributed by atoms with Crippen LogP contribution in [0.25, 0.3) is 0 Å². The first-order chi connectivity index (χ1) is 8.21. The van der Waals surface area contributed by atoms with Crippen molar-refractivity contribution in [3.63, 3.8) is 0 Å². The van der Waals surface area contributed by atoms with E-state index in [0.29, 0.717) is 12.3 Å². The van der Waals surface area contributed by atoms with E-state index in [-0.39, 0.29) is 16.3 Å². The molecule has 3 rings (SSSR count). The van der Waals surface area contributed by atoms with E-state index >= 15 is 0 Å². The Labute approximate surface area is 98.7 Å². The van der Waals surface area contributed by atoms with Gasteiger partial charge in [-0.25, -0.2) is 0 Å². The molecule has 1 saturated carbocycles. The molecule has 1 heterocycles. The Morgan fingerprint density at radius 2 is 2.18 bits per heavy atom. The fourth-order valence-corrected chi connectivity index (χ4v) is 2.76. The summed E-state index contributed by atoms with van der Waals surface area (Å²) in [7, 11) is 0. The van der Waals surface area contributed by atoms with Crippen LogP contribution in [-0.2, 0) is 6.42 Å². The number of nitro benzene ring substituents is 1. The maximum absolute atomic E-state index is 10.9. The number of nitro groups is 1. The first-order valence-electron chi connectivity index (χ1n) is 5.88. The summed E-state index contributed by atoms with van der Waals surface area (Å²) < 4.78 is 0. The minimum Gasteiger partial charge on any atom is -0.258 e. The minimum absolute atomic E-state index is 0.177. The molecule has 1 aliphatic heterocycles. The number of benzene rings is 1. The van der Waals surface area contributed by atoms with Crippen LogP contribution in [0.15, 0.2) is 34.5 Å². The summed E-state index contributed by atoms with van der Waals surface area (Å²) >= 11 is 0. The molecule has 0 N–H and O–H groups in total. The van der Waals surface area contributed by atoms with Crippen molar-refractivity contribution in [3.8, 4) is 0 Å².